The number of nitrogens with zero attached hydrogens (tertiary/aromatic N) is 3. The summed E-state index contributed by atoms with van der Waals surface area (Å²) in [6.07, 6.45) is 7.87. The lowest BCUT2D eigenvalue weighted by molar-refractivity contribution is 0.273. The monoisotopic (exact) mass is 1230 g/mol. The number of fused-ring (bicyclic) bond motifs is 3. The molecular formula is C72H82N12O7. The van der Waals surface area contributed by atoms with Crippen molar-refractivity contribution in [2.45, 2.75) is 61.4 Å². The van der Waals surface area contributed by atoms with Gasteiger partial charge in [-0.05, 0) is 120 Å². The number of nitrogens with one attached hydrogen (secondary N) is 9. The Labute approximate surface area is 526 Å². The van der Waals surface area contributed by atoms with Gasteiger partial charge in [-0.2, -0.15) is 0 Å². The molecule has 12 rings (SSSR count). The first-order valence-corrected chi connectivity index (χ1v) is 30.3. The fraction of sp³-hybridized carbons (Fsp3) is 0.264. The van der Waals surface area contributed by atoms with Crippen LogP contribution in [0.2, 0.25) is 0 Å². The number of aryl methyl sites for hydroxylation is 6. The number of aliphatic hydroxyl groups is 4. The molecule has 6 aromatic heterocycles. The molecular weight excluding hydrogens is 1140 g/mol. The van der Waals surface area contributed by atoms with Crippen LogP contribution in [0.5, 0.6) is 17.2 Å². The summed E-state index contributed by atoms with van der Waals surface area (Å²) >= 11 is 0. The topological polar surface area (TPSA) is 277 Å². The van der Waals surface area contributed by atoms with Gasteiger partial charge in [0, 0.05) is 116 Å². The van der Waals surface area contributed by atoms with Crippen molar-refractivity contribution < 1.29 is 34.6 Å². The Kier molecular flexibility index (Phi) is 20.5. The summed E-state index contributed by atoms with van der Waals surface area (Å²) in [6, 6.07) is 30.4. The summed E-state index contributed by atoms with van der Waals surface area (Å²) < 4.78 is 17.1. The van der Waals surface area contributed by atoms with Gasteiger partial charge in [0.1, 0.15) is 17.2 Å². The van der Waals surface area contributed by atoms with E-state index in [9.17, 15) is 20.4 Å². The van der Waals surface area contributed by atoms with Crippen LogP contribution < -0.4 is 94.0 Å². The number of aliphatic hydroxyl groups excluding tert-OH is 4. The number of para-hydroxylation sites is 3. The maximum Gasteiger partial charge on any atom is 0.150 e. The van der Waals surface area contributed by atoms with Crippen molar-refractivity contribution in [3.05, 3.63) is 235 Å². The van der Waals surface area contributed by atoms with E-state index in [0.717, 1.165) is 148 Å². The molecule has 0 unspecified atom stereocenters. The Morgan fingerprint density at radius 3 is 1.08 bits per heavy atom. The zero-order valence-corrected chi connectivity index (χ0v) is 53.4. The molecule has 3 aromatic carbocycles. The van der Waals surface area contributed by atoms with Crippen LogP contribution in [-0.2, 0) is 19.8 Å². The predicted molar refractivity (Wildman–Crippen MR) is 358 cm³/mol. The molecule has 0 saturated carbocycles. The van der Waals surface area contributed by atoms with Crippen LogP contribution in [0.4, 0.5) is 0 Å². The molecule has 91 heavy (non-hydrogen) atoms. The van der Waals surface area contributed by atoms with Crippen molar-refractivity contribution in [3.63, 3.8) is 0 Å². The van der Waals surface area contributed by atoms with Gasteiger partial charge in [0.25, 0.3) is 0 Å². The zero-order valence-electron chi connectivity index (χ0n) is 53.4. The van der Waals surface area contributed by atoms with E-state index in [-0.39, 0.29) is 26.4 Å². The normalized spacial score (nSPS) is 15.4. The average molecular weight is 1230 g/mol. The van der Waals surface area contributed by atoms with E-state index in [2.05, 4.69) is 104 Å². The Bertz CT molecular complexity index is 5030. The summed E-state index contributed by atoms with van der Waals surface area (Å²) in [4.78, 5) is 35.1. The van der Waals surface area contributed by atoms with Crippen LogP contribution in [0.15, 0.2) is 119 Å². The van der Waals surface area contributed by atoms with Gasteiger partial charge in [0.15, 0.2) is 0 Å². The van der Waals surface area contributed by atoms with Gasteiger partial charge >= 0.3 is 0 Å². The van der Waals surface area contributed by atoms with Crippen molar-refractivity contribution in [3.8, 4) is 17.2 Å². The molecule has 0 bridgehead atoms. The van der Waals surface area contributed by atoms with Gasteiger partial charge in [-0.25, -0.2) is 15.0 Å². The van der Waals surface area contributed by atoms with Gasteiger partial charge < -0.3 is 80.5 Å². The number of hydrogen-bond acceptors (Lipinski definition) is 13. The number of hydrogen-bond donors (Lipinski definition) is 13. The van der Waals surface area contributed by atoms with Gasteiger partial charge in [-0.3, -0.25) is 0 Å². The van der Waals surface area contributed by atoms with Crippen LogP contribution in [0.25, 0.3) is 52.0 Å². The van der Waals surface area contributed by atoms with Crippen LogP contribution in [0.1, 0.15) is 67.5 Å². The smallest absolute Gasteiger partial charge is 0.150 e. The minimum Gasteiger partial charge on any atom is -0.494 e. The second kappa shape index (κ2) is 28.9. The fourth-order valence-electron chi connectivity index (χ4n) is 12.2. The van der Waals surface area contributed by atoms with Gasteiger partial charge in [-0.15, -0.1) is 6.58 Å². The lowest BCUT2D eigenvalue weighted by Gasteiger charge is -2.06. The van der Waals surface area contributed by atoms with Crippen LogP contribution in [0.3, 0.4) is 0 Å². The summed E-state index contributed by atoms with van der Waals surface area (Å²) in [5.41, 5.74) is 17.4. The van der Waals surface area contributed by atoms with Crippen molar-refractivity contribution >= 4 is 52.0 Å². The zero-order chi connectivity index (χ0) is 64.5. The van der Waals surface area contributed by atoms with E-state index >= 15 is 0 Å². The summed E-state index contributed by atoms with van der Waals surface area (Å²) in [5, 5.41) is 60.3. The first-order chi connectivity index (χ1) is 44.2. The first-order valence-electron chi connectivity index (χ1n) is 30.3. The third-order valence-electron chi connectivity index (χ3n) is 16.2. The van der Waals surface area contributed by atoms with Gasteiger partial charge in [-0.1, -0.05) is 60.7 Å². The molecule has 3 aliphatic rings. The molecule has 0 fully saturated rings. The largest absolute Gasteiger partial charge is 0.494 e. The highest BCUT2D eigenvalue weighted by atomic mass is 16.5. The third kappa shape index (κ3) is 13.4. The molecule has 13 N–H and O–H groups in total. The minimum absolute atomic E-state index is 0.0631. The predicted octanol–water partition coefficient (Wildman–Crippen LogP) is 0.222. The third-order valence-corrected chi connectivity index (χ3v) is 16.2. The van der Waals surface area contributed by atoms with E-state index in [1.807, 2.05) is 113 Å². The Morgan fingerprint density at radius 1 is 0.462 bits per heavy atom. The molecule has 0 aliphatic carbocycles. The van der Waals surface area contributed by atoms with E-state index in [1.54, 1.807) is 21.3 Å². The van der Waals surface area contributed by atoms with Crippen molar-refractivity contribution in [1.29, 1.82) is 0 Å². The maximum absolute atomic E-state index is 10.2. The molecule has 0 radical (unpaired) electrons. The Morgan fingerprint density at radius 2 is 0.791 bits per heavy atom. The second-order valence-corrected chi connectivity index (χ2v) is 22.5. The highest BCUT2D eigenvalue weighted by Gasteiger charge is 2.23. The summed E-state index contributed by atoms with van der Waals surface area (Å²) in [7, 11) is 6.77. The number of ether oxygens (including phenoxy) is 3. The molecule has 0 spiro atoms. The molecule has 0 atom stereocenters. The highest BCUT2D eigenvalue weighted by Crippen LogP contribution is 2.22. The molecule has 0 amide bonds. The molecule has 3 aliphatic heterocycles. The highest BCUT2D eigenvalue weighted by molar-refractivity contribution is 5.92. The van der Waals surface area contributed by atoms with Crippen LogP contribution in [-0.4, -0.2) is 118 Å². The fourth-order valence-corrected chi connectivity index (χ4v) is 12.2. The number of rotatable bonds is 19. The number of aromatic amines is 6. The number of H-pyrrole nitrogens is 6. The molecule has 9 aromatic rings. The molecule has 19 nitrogen and oxygen atoms in total. The lowest BCUT2D eigenvalue weighted by Crippen LogP contribution is -2.28. The van der Waals surface area contributed by atoms with Crippen LogP contribution in [0, 0.1) is 41.5 Å². The van der Waals surface area contributed by atoms with Crippen molar-refractivity contribution in [2.24, 2.45) is 15.0 Å². The van der Waals surface area contributed by atoms with Gasteiger partial charge in [0.05, 0.1) is 113 Å². The van der Waals surface area contributed by atoms with Crippen molar-refractivity contribution in [1.82, 2.24) is 45.9 Å². The first kappa shape index (κ1) is 64.4. The molecule has 9 heterocycles. The maximum atomic E-state index is 10.2. The minimum atomic E-state index is -0.182. The van der Waals surface area contributed by atoms with Gasteiger partial charge in [0.2, 0.25) is 0 Å². The average Bonchev–Trinajstić information content (AvgIpc) is 1.64. The van der Waals surface area contributed by atoms with E-state index in [1.165, 1.54) is 0 Å². The summed E-state index contributed by atoms with van der Waals surface area (Å²) in [5.74, 6) is 1.86. The van der Waals surface area contributed by atoms with E-state index in [0.29, 0.717) is 66.7 Å². The van der Waals surface area contributed by atoms with E-state index in [4.69, 9.17) is 29.2 Å². The SMILES string of the molecule is C=CCNCC1=c2ccccc2=NC1=c1[nH]/c(=C\c2[nH]c(C)cc2C)c(OC)c1CO.CNCC1=c2ccccc2=NC1=c1[nH]/c(=C\c2[nH]c(C)cc2C)c(OC)c1CO.COc1c(CO)c(=C2N=c3ccccc3=C2CNCCO)[nH]/c1=C\c1[nH]c(C)cc1C. The standard InChI is InChI=1S/C25H28N4O2.C24H28N4O3.C23H26N4O2/c1-5-10-26-13-18-17-8-6-7-9-20(17)28-23(18)24-19(14-30)25(31-4)22(29-24)12-21-15(2)11-16(3)27-21;1-14-10-15(2)26-20(14)11-21-24(31-3)18(13-30)23(28-21)22-17(12-25-8-9-29)16-6-4-5-7-19(16)27-22;1-13-9-14(2)25-19(13)10-20-23(29-4)17(12-28)22(27-20)21-16(11-24-3)15-7-5-6-8-18(15)26-21/h5-9,11-12,26-27,29-30H,1,10,13-14H2,2-4H3;4-7,10-11,25-26,28-30H,8-9,12-13H2,1-3H3;5-10,24-25,27-28H,11-12H2,1-4H3/b22-12-,24-23?;21-11-,23-22?;20-10-,22-21?. The summed E-state index contributed by atoms with van der Waals surface area (Å²) in [6.45, 7) is 18.7. The number of benzene rings is 3. The molecule has 472 valence electrons. The molecule has 19 heteroatoms. The Hall–Kier alpha value is -9.57. The lowest BCUT2D eigenvalue weighted by atomic mass is 10.1. The number of aromatic nitrogens is 6. The molecule has 0 saturated heterocycles. The Balaban J connectivity index is 0.000000150. The second-order valence-electron chi connectivity index (χ2n) is 22.5. The number of methoxy groups -OCH3 is 3. The quantitative estimate of drug-likeness (QED) is 0.0387. The van der Waals surface area contributed by atoms with E-state index < -0.39 is 0 Å². The van der Waals surface area contributed by atoms with Crippen molar-refractivity contribution in [2.75, 3.05) is 67.7 Å². The van der Waals surface area contributed by atoms with Crippen LogP contribution >= 0.6 is 0 Å².